The van der Waals surface area contributed by atoms with Gasteiger partial charge < -0.3 is 19.1 Å². The molecule has 1 aliphatic rings. The third-order valence-electron chi connectivity index (χ3n) is 4.56. The predicted molar refractivity (Wildman–Crippen MR) is 102 cm³/mol. The van der Waals surface area contributed by atoms with Crippen LogP contribution in [-0.4, -0.2) is 76.0 Å². The van der Waals surface area contributed by atoms with Crippen molar-refractivity contribution in [2.75, 3.05) is 66.2 Å². The molecular weight excluding hydrogens is 316 g/mol. The highest BCUT2D eigenvalue weighted by atomic mass is 16.5. The fraction of sp³-hybridized carbons (Fsp3) is 0.600. The van der Waals surface area contributed by atoms with Crippen LogP contribution in [0.5, 0.6) is 11.5 Å². The van der Waals surface area contributed by atoms with Gasteiger partial charge in [0.2, 0.25) is 0 Å². The number of benzene rings is 1. The van der Waals surface area contributed by atoms with Crippen molar-refractivity contribution in [2.24, 2.45) is 0 Å². The van der Waals surface area contributed by atoms with Crippen LogP contribution in [0.15, 0.2) is 30.9 Å². The second kappa shape index (κ2) is 11.1. The summed E-state index contributed by atoms with van der Waals surface area (Å²) < 4.78 is 16.9. The molecule has 5 nitrogen and oxygen atoms in total. The van der Waals surface area contributed by atoms with E-state index < -0.39 is 0 Å². The van der Waals surface area contributed by atoms with Crippen molar-refractivity contribution in [1.82, 2.24) is 9.80 Å². The van der Waals surface area contributed by atoms with E-state index in [9.17, 15) is 0 Å². The SMILES string of the molecule is C=CCc1ccc(OCCOCCN2CCN(CC)CC2)c(OC)c1. The van der Waals surface area contributed by atoms with Crippen LogP contribution in [0, 0.1) is 0 Å². The van der Waals surface area contributed by atoms with Gasteiger partial charge in [-0.3, -0.25) is 4.90 Å². The largest absolute Gasteiger partial charge is 0.493 e. The molecule has 1 aromatic carbocycles. The van der Waals surface area contributed by atoms with Crippen molar-refractivity contribution in [3.05, 3.63) is 36.4 Å². The van der Waals surface area contributed by atoms with Crippen molar-refractivity contribution in [3.8, 4) is 11.5 Å². The van der Waals surface area contributed by atoms with Crippen LogP contribution in [-0.2, 0) is 11.2 Å². The molecule has 0 aromatic heterocycles. The van der Waals surface area contributed by atoms with E-state index in [-0.39, 0.29) is 0 Å². The first-order chi connectivity index (χ1) is 12.3. The van der Waals surface area contributed by atoms with Crippen LogP contribution in [0.2, 0.25) is 0 Å². The monoisotopic (exact) mass is 348 g/mol. The fourth-order valence-electron chi connectivity index (χ4n) is 2.96. The third kappa shape index (κ3) is 6.69. The zero-order valence-corrected chi connectivity index (χ0v) is 15.7. The Hall–Kier alpha value is -1.56. The molecular formula is C20H32N2O3. The van der Waals surface area contributed by atoms with Crippen molar-refractivity contribution < 1.29 is 14.2 Å². The Morgan fingerprint density at radius 3 is 2.48 bits per heavy atom. The van der Waals surface area contributed by atoms with Crippen LogP contribution in [0.1, 0.15) is 12.5 Å². The molecule has 0 radical (unpaired) electrons. The number of piperazine rings is 1. The molecule has 0 N–H and O–H groups in total. The van der Waals surface area contributed by atoms with Crippen molar-refractivity contribution in [2.45, 2.75) is 13.3 Å². The van der Waals surface area contributed by atoms with Crippen LogP contribution >= 0.6 is 0 Å². The number of nitrogens with zero attached hydrogens (tertiary/aromatic N) is 2. The molecule has 2 rings (SSSR count). The maximum Gasteiger partial charge on any atom is 0.161 e. The van der Waals surface area contributed by atoms with Gasteiger partial charge in [0, 0.05) is 32.7 Å². The number of ether oxygens (including phenoxy) is 3. The molecule has 0 spiro atoms. The molecule has 1 aromatic rings. The molecule has 1 saturated heterocycles. The van der Waals surface area contributed by atoms with Crippen molar-refractivity contribution in [1.29, 1.82) is 0 Å². The van der Waals surface area contributed by atoms with Gasteiger partial charge in [-0.1, -0.05) is 19.1 Å². The molecule has 0 unspecified atom stereocenters. The average molecular weight is 348 g/mol. The average Bonchev–Trinajstić information content (AvgIpc) is 2.66. The first-order valence-electron chi connectivity index (χ1n) is 9.20. The number of hydrogen-bond acceptors (Lipinski definition) is 5. The van der Waals surface area contributed by atoms with Gasteiger partial charge in [-0.25, -0.2) is 0 Å². The first-order valence-corrected chi connectivity index (χ1v) is 9.20. The van der Waals surface area contributed by atoms with Crippen molar-refractivity contribution in [3.63, 3.8) is 0 Å². The van der Waals surface area contributed by atoms with E-state index in [2.05, 4.69) is 23.3 Å². The fourth-order valence-corrected chi connectivity index (χ4v) is 2.96. The highest BCUT2D eigenvalue weighted by Gasteiger charge is 2.14. The van der Waals surface area contributed by atoms with E-state index in [1.54, 1.807) is 7.11 Å². The standard InChI is InChI=1S/C20H32N2O3/c1-4-6-18-7-8-19(20(17-18)23-3)25-16-15-24-14-13-22-11-9-21(5-2)10-12-22/h4,7-8,17H,1,5-6,9-16H2,2-3H3. The normalized spacial score (nSPS) is 15.9. The summed E-state index contributed by atoms with van der Waals surface area (Å²) in [5.74, 6) is 1.52. The number of methoxy groups -OCH3 is 1. The summed E-state index contributed by atoms with van der Waals surface area (Å²) in [5.41, 5.74) is 1.17. The molecule has 140 valence electrons. The summed E-state index contributed by atoms with van der Waals surface area (Å²) in [5, 5.41) is 0. The summed E-state index contributed by atoms with van der Waals surface area (Å²) in [7, 11) is 1.66. The quantitative estimate of drug-likeness (QED) is 0.453. The van der Waals surface area contributed by atoms with E-state index >= 15 is 0 Å². The topological polar surface area (TPSA) is 34.2 Å². The molecule has 0 aliphatic carbocycles. The molecule has 0 atom stereocenters. The minimum Gasteiger partial charge on any atom is -0.493 e. The lowest BCUT2D eigenvalue weighted by molar-refractivity contribution is 0.0622. The smallest absolute Gasteiger partial charge is 0.161 e. The number of allylic oxidation sites excluding steroid dienone is 1. The van der Waals surface area contributed by atoms with Crippen LogP contribution < -0.4 is 9.47 Å². The Bertz CT molecular complexity index is 514. The molecule has 5 heteroatoms. The second-order valence-corrected chi connectivity index (χ2v) is 6.21. The number of rotatable bonds is 11. The summed E-state index contributed by atoms with van der Waals surface area (Å²) >= 11 is 0. The van der Waals surface area contributed by atoms with Gasteiger partial charge in [0.25, 0.3) is 0 Å². The Labute approximate surface area is 152 Å². The predicted octanol–water partition coefficient (Wildman–Crippen LogP) is 2.46. The summed E-state index contributed by atoms with van der Waals surface area (Å²) in [4.78, 5) is 4.95. The Morgan fingerprint density at radius 1 is 1.04 bits per heavy atom. The Morgan fingerprint density at radius 2 is 1.80 bits per heavy atom. The molecule has 0 saturated carbocycles. The third-order valence-corrected chi connectivity index (χ3v) is 4.56. The van der Waals surface area contributed by atoms with E-state index in [4.69, 9.17) is 14.2 Å². The molecule has 1 heterocycles. The summed E-state index contributed by atoms with van der Waals surface area (Å²) in [6.45, 7) is 14.6. The lowest BCUT2D eigenvalue weighted by Gasteiger charge is -2.33. The van der Waals surface area contributed by atoms with Crippen molar-refractivity contribution >= 4 is 0 Å². The Balaban J connectivity index is 1.60. The summed E-state index contributed by atoms with van der Waals surface area (Å²) in [6.07, 6.45) is 2.71. The van der Waals surface area contributed by atoms with Gasteiger partial charge >= 0.3 is 0 Å². The zero-order valence-electron chi connectivity index (χ0n) is 15.7. The first kappa shape index (κ1) is 19.8. The minimum atomic E-state index is 0.529. The van der Waals surface area contributed by atoms with E-state index in [1.165, 1.54) is 18.7 Å². The lowest BCUT2D eigenvalue weighted by Crippen LogP contribution is -2.47. The minimum absolute atomic E-state index is 0.529. The highest BCUT2D eigenvalue weighted by molar-refractivity contribution is 5.43. The van der Waals surface area contributed by atoms with Gasteiger partial charge in [0.1, 0.15) is 6.61 Å². The van der Waals surface area contributed by atoms with Gasteiger partial charge in [-0.15, -0.1) is 6.58 Å². The number of likely N-dealkylation sites (N-methyl/N-ethyl adjacent to an activating group) is 1. The molecule has 0 bridgehead atoms. The molecule has 0 amide bonds. The van der Waals surface area contributed by atoms with E-state index in [1.807, 2.05) is 24.3 Å². The van der Waals surface area contributed by atoms with E-state index in [0.717, 1.165) is 50.7 Å². The van der Waals surface area contributed by atoms with Crippen LogP contribution in [0.3, 0.4) is 0 Å². The van der Waals surface area contributed by atoms with E-state index in [0.29, 0.717) is 13.2 Å². The molecule has 1 fully saturated rings. The highest BCUT2D eigenvalue weighted by Crippen LogP contribution is 2.28. The van der Waals surface area contributed by atoms with Gasteiger partial charge in [0.05, 0.1) is 20.3 Å². The Kier molecular flexibility index (Phi) is 8.80. The summed E-state index contributed by atoms with van der Waals surface area (Å²) in [6, 6.07) is 5.98. The maximum absolute atomic E-state index is 5.79. The van der Waals surface area contributed by atoms with Crippen LogP contribution in [0.25, 0.3) is 0 Å². The van der Waals surface area contributed by atoms with Crippen LogP contribution in [0.4, 0.5) is 0 Å². The maximum atomic E-state index is 5.79. The lowest BCUT2D eigenvalue weighted by atomic mass is 10.1. The zero-order chi connectivity index (χ0) is 17.9. The second-order valence-electron chi connectivity index (χ2n) is 6.21. The molecule has 1 aliphatic heterocycles. The van der Waals surface area contributed by atoms with Gasteiger partial charge in [0.15, 0.2) is 11.5 Å². The van der Waals surface area contributed by atoms with Gasteiger partial charge in [-0.05, 0) is 30.7 Å². The number of hydrogen-bond donors (Lipinski definition) is 0. The van der Waals surface area contributed by atoms with Gasteiger partial charge in [-0.2, -0.15) is 0 Å². The molecule has 25 heavy (non-hydrogen) atoms.